The van der Waals surface area contributed by atoms with Crippen molar-refractivity contribution in [3.63, 3.8) is 0 Å². The lowest BCUT2D eigenvalue weighted by atomic mass is 9.86. The van der Waals surface area contributed by atoms with Crippen LogP contribution in [-0.2, 0) is 17.0 Å². The van der Waals surface area contributed by atoms with Crippen LogP contribution >= 0.6 is 0 Å². The fourth-order valence-electron chi connectivity index (χ4n) is 7.65. The van der Waals surface area contributed by atoms with Crippen LogP contribution in [0.3, 0.4) is 0 Å². The van der Waals surface area contributed by atoms with E-state index in [1.54, 1.807) is 24.3 Å². The number of nitriles is 1. The molecule has 8 aromatic rings. The van der Waals surface area contributed by atoms with Gasteiger partial charge in [-0.2, -0.15) is 18.4 Å². The first kappa shape index (κ1) is 33.3. The van der Waals surface area contributed by atoms with Gasteiger partial charge < -0.3 is 9.13 Å². The normalized spacial score (nSPS) is 12.7. The highest BCUT2D eigenvalue weighted by Crippen LogP contribution is 2.47. The molecule has 3 nitrogen and oxygen atoms in total. The fraction of sp³-hybridized carbons (Fsp3) is 0.196. The Morgan fingerprint density at radius 1 is 0.500 bits per heavy atom. The van der Waals surface area contributed by atoms with Gasteiger partial charge in [0.2, 0.25) is 0 Å². The van der Waals surface area contributed by atoms with E-state index < -0.39 is 11.7 Å². The minimum Gasteiger partial charge on any atom is -0.308 e. The van der Waals surface area contributed by atoms with Crippen LogP contribution in [0.2, 0.25) is 0 Å². The second-order valence-corrected chi connectivity index (χ2v) is 15.7. The molecular weight excluding hydrogens is 652 g/mol. The first-order valence-electron chi connectivity index (χ1n) is 17.5. The molecule has 0 saturated heterocycles. The van der Waals surface area contributed by atoms with Crippen molar-refractivity contribution in [2.24, 2.45) is 0 Å². The van der Waals surface area contributed by atoms with Gasteiger partial charge >= 0.3 is 6.18 Å². The molecule has 0 bridgehead atoms. The lowest BCUT2D eigenvalue weighted by molar-refractivity contribution is -0.137. The van der Waals surface area contributed by atoms with Gasteiger partial charge in [0, 0.05) is 27.1 Å². The quantitative estimate of drug-likeness (QED) is 0.182. The number of halogens is 3. The van der Waals surface area contributed by atoms with E-state index in [1.807, 2.05) is 48.5 Å². The zero-order valence-corrected chi connectivity index (χ0v) is 30.0. The van der Waals surface area contributed by atoms with Gasteiger partial charge in [-0.3, -0.25) is 0 Å². The van der Waals surface area contributed by atoms with Crippen LogP contribution in [0, 0.1) is 11.3 Å². The van der Waals surface area contributed by atoms with Crippen LogP contribution in [0.15, 0.2) is 121 Å². The average Bonchev–Trinajstić information content (AvgIpc) is 3.62. The van der Waals surface area contributed by atoms with E-state index in [-0.39, 0.29) is 16.4 Å². The smallest absolute Gasteiger partial charge is 0.308 e. The lowest BCUT2D eigenvalue weighted by Gasteiger charge is -2.24. The summed E-state index contributed by atoms with van der Waals surface area (Å²) in [6, 6.07) is 40.3. The molecule has 6 heteroatoms. The molecule has 0 aliphatic rings. The Kier molecular flexibility index (Phi) is 7.45. The third-order valence-corrected chi connectivity index (χ3v) is 10.3. The summed E-state index contributed by atoms with van der Waals surface area (Å²) in [5, 5.41) is 14.5. The van der Waals surface area contributed by atoms with E-state index in [0.29, 0.717) is 22.5 Å². The SMILES string of the molecule is CC(C)(C)c1ccc2c3ccccc3n(-c3cc(C#N)cc(-n4c5ccccc5c5ccc(C(C)(C)C)cc54)c3-c3ccccc3C(F)(F)F)c2c1. The molecule has 0 aliphatic heterocycles. The molecule has 258 valence electrons. The summed E-state index contributed by atoms with van der Waals surface area (Å²) in [6.45, 7) is 12.9. The maximum atomic E-state index is 15.1. The fourth-order valence-corrected chi connectivity index (χ4v) is 7.65. The maximum Gasteiger partial charge on any atom is 0.417 e. The summed E-state index contributed by atoms with van der Waals surface area (Å²) in [7, 11) is 0. The highest BCUT2D eigenvalue weighted by atomic mass is 19.4. The predicted octanol–water partition coefficient (Wildman–Crippen LogP) is 13.0. The maximum absolute atomic E-state index is 15.1. The number of para-hydroxylation sites is 2. The van der Waals surface area contributed by atoms with E-state index in [4.69, 9.17) is 0 Å². The van der Waals surface area contributed by atoms with E-state index in [9.17, 15) is 5.26 Å². The van der Waals surface area contributed by atoms with E-state index in [0.717, 1.165) is 60.8 Å². The van der Waals surface area contributed by atoms with Crippen molar-refractivity contribution >= 4 is 43.6 Å². The summed E-state index contributed by atoms with van der Waals surface area (Å²) < 4.78 is 49.5. The molecule has 0 fully saturated rings. The number of aromatic nitrogens is 2. The summed E-state index contributed by atoms with van der Waals surface area (Å²) in [4.78, 5) is 0. The third-order valence-electron chi connectivity index (χ3n) is 10.3. The first-order chi connectivity index (χ1) is 24.7. The highest BCUT2D eigenvalue weighted by molar-refractivity contribution is 6.12. The number of alkyl halides is 3. The van der Waals surface area contributed by atoms with E-state index in [1.165, 1.54) is 6.07 Å². The lowest BCUT2D eigenvalue weighted by Crippen LogP contribution is -2.12. The third kappa shape index (κ3) is 5.26. The molecular formula is C46H38F3N3. The van der Waals surface area contributed by atoms with Crippen molar-refractivity contribution in [1.82, 2.24) is 9.13 Å². The van der Waals surface area contributed by atoms with Gasteiger partial charge in [-0.25, -0.2) is 0 Å². The topological polar surface area (TPSA) is 33.6 Å². The van der Waals surface area contributed by atoms with Crippen LogP contribution in [0.5, 0.6) is 0 Å². The van der Waals surface area contributed by atoms with Crippen molar-refractivity contribution < 1.29 is 13.2 Å². The summed E-state index contributed by atoms with van der Waals surface area (Å²) >= 11 is 0. The standard InChI is InChI=1S/C46H38F3N3/c1-44(2,3)29-19-21-33-31-13-8-11-17-37(31)51(39(33)25-29)41-23-28(27-50)24-42(43(41)35-15-7-10-16-36(35)46(47,48)49)52-38-18-12-9-14-32(38)34-22-20-30(26-40(34)52)45(4,5)6/h7-26H,1-6H3. The second-order valence-electron chi connectivity index (χ2n) is 15.7. The molecule has 0 atom stereocenters. The average molecular weight is 690 g/mol. The molecule has 0 unspecified atom stereocenters. The minimum atomic E-state index is -4.64. The minimum absolute atomic E-state index is 0.0419. The largest absolute Gasteiger partial charge is 0.417 e. The summed E-state index contributed by atoms with van der Waals surface area (Å²) in [5.41, 5.74) is 6.24. The van der Waals surface area contributed by atoms with Gasteiger partial charge in [0.05, 0.1) is 50.6 Å². The molecule has 0 N–H and O–H groups in total. The van der Waals surface area contributed by atoms with Crippen LogP contribution in [-0.4, -0.2) is 9.13 Å². The van der Waals surface area contributed by atoms with Crippen molar-refractivity contribution in [1.29, 1.82) is 5.26 Å². The number of rotatable bonds is 3. The first-order valence-corrected chi connectivity index (χ1v) is 17.5. The Bertz CT molecular complexity index is 2600. The molecule has 2 aromatic heterocycles. The second kappa shape index (κ2) is 11.6. The zero-order valence-electron chi connectivity index (χ0n) is 30.0. The van der Waals surface area contributed by atoms with Gasteiger partial charge in [-0.15, -0.1) is 0 Å². The van der Waals surface area contributed by atoms with Gasteiger partial charge in [0.1, 0.15) is 0 Å². The Hall–Kier alpha value is -5.80. The van der Waals surface area contributed by atoms with Crippen molar-refractivity contribution in [3.05, 3.63) is 144 Å². The van der Waals surface area contributed by atoms with Gasteiger partial charge in [-0.1, -0.05) is 120 Å². The highest BCUT2D eigenvalue weighted by Gasteiger charge is 2.36. The van der Waals surface area contributed by atoms with E-state index in [2.05, 4.69) is 93.1 Å². The molecule has 8 rings (SSSR count). The Labute approximate surface area is 301 Å². The van der Waals surface area contributed by atoms with Gasteiger partial charge in [0.25, 0.3) is 0 Å². The molecule has 2 heterocycles. The monoisotopic (exact) mass is 689 g/mol. The Morgan fingerprint density at radius 2 is 0.923 bits per heavy atom. The van der Waals surface area contributed by atoms with Crippen molar-refractivity contribution in [2.45, 2.75) is 58.5 Å². The Morgan fingerprint density at radius 3 is 1.37 bits per heavy atom. The number of fused-ring (bicyclic) bond motifs is 6. The molecule has 0 aliphatic carbocycles. The van der Waals surface area contributed by atoms with Gasteiger partial charge in [-0.05, 0) is 70.0 Å². The van der Waals surface area contributed by atoms with Gasteiger partial charge in [0.15, 0.2) is 0 Å². The predicted molar refractivity (Wildman–Crippen MR) is 208 cm³/mol. The molecule has 0 spiro atoms. The van der Waals surface area contributed by atoms with Crippen molar-refractivity contribution in [2.75, 3.05) is 0 Å². The van der Waals surface area contributed by atoms with Crippen LogP contribution in [0.4, 0.5) is 13.2 Å². The van der Waals surface area contributed by atoms with Crippen LogP contribution < -0.4 is 0 Å². The number of hydrogen-bond acceptors (Lipinski definition) is 1. The number of nitrogens with zero attached hydrogens (tertiary/aromatic N) is 3. The Balaban J connectivity index is 1.63. The van der Waals surface area contributed by atoms with E-state index >= 15 is 13.2 Å². The van der Waals surface area contributed by atoms with Crippen molar-refractivity contribution in [3.8, 4) is 28.6 Å². The molecule has 52 heavy (non-hydrogen) atoms. The van der Waals surface area contributed by atoms with Crippen LogP contribution in [0.1, 0.15) is 63.8 Å². The molecule has 0 amide bonds. The molecule has 6 aromatic carbocycles. The summed E-state index contributed by atoms with van der Waals surface area (Å²) in [5.74, 6) is 0. The summed E-state index contributed by atoms with van der Waals surface area (Å²) in [6.07, 6.45) is -4.64. The van der Waals surface area contributed by atoms with Crippen LogP contribution in [0.25, 0.3) is 66.1 Å². The zero-order chi connectivity index (χ0) is 36.7. The number of benzene rings is 6. The molecule has 0 radical (unpaired) electrons. The number of hydrogen-bond donors (Lipinski definition) is 0. The molecule has 0 saturated carbocycles.